The Morgan fingerprint density at radius 2 is 1.69 bits per heavy atom. The van der Waals surface area contributed by atoms with Crippen LogP contribution in [0.15, 0.2) is 30.3 Å². The highest BCUT2D eigenvalue weighted by atomic mass is 14.1. The largest absolute Gasteiger partial charge is 0.0838 e. The monoisotopic (exact) mass is 218 g/mol. The van der Waals surface area contributed by atoms with Gasteiger partial charge < -0.3 is 0 Å². The summed E-state index contributed by atoms with van der Waals surface area (Å²) < 4.78 is 0. The lowest BCUT2D eigenvalue weighted by Gasteiger charge is -2.08. The van der Waals surface area contributed by atoms with Gasteiger partial charge >= 0.3 is 0 Å². The molecule has 0 heteroatoms. The average Bonchev–Trinajstić information content (AvgIpc) is 2.28. The molecule has 0 unspecified atom stereocenters. The Labute approximate surface area is 101 Å². The lowest BCUT2D eigenvalue weighted by Crippen LogP contribution is -1.87. The predicted octanol–water partition coefficient (Wildman–Crippen LogP) is 5.61. The predicted molar refractivity (Wildman–Crippen MR) is 75.7 cm³/mol. The van der Waals surface area contributed by atoms with Crippen molar-refractivity contribution in [2.75, 3.05) is 0 Å². The normalized spacial score (nSPS) is 10.7. The molecule has 0 aliphatic heterocycles. The summed E-state index contributed by atoms with van der Waals surface area (Å²) in [6.07, 6.45) is 5.88. The van der Waals surface area contributed by atoms with E-state index in [2.05, 4.69) is 65.0 Å². The van der Waals surface area contributed by atoms with E-state index in [1.165, 1.54) is 36.0 Å². The van der Waals surface area contributed by atoms with Gasteiger partial charge in [-0.25, -0.2) is 0 Å². The molecule has 0 saturated heterocycles. The zero-order chi connectivity index (χ0) is 12.4. The molecule has 1 aromatic rings. The first kappa shape index (κ1) is 15.0. The van der Waals surface area contributed by atoms with Crippen molar-refractivity contribution in [3.63, 3.8) is 0 Å². The van der Waals surface area contributed by atoms with E-state index in [0.717, 1.165) is 0 Å². The van der Waals surface area contributed by atoms with Crippen LogP contribution in [-0.4, -0.2) is 0 Å². The molecule has 1 rings (SSSR count). The van der Waals surface area contributed by atoms with E-state index in [1.807, 2.05) is 0 Å². The van der Waals surface area contributed by atoms with Gasteiger partial charge in [0, 0.05) is 0 Å². The highest BCUT2D eigenvalue weighted by Gasteiger charge is 2.01. The minimum Gasteiger partial charge on any atom is -0.0838 e. The summed E-state index contributed by atoms with van der Waals surface area (Å²) in [5, 5.41) is 0. The molecule has 0 amide bonds. The molecular weight excluding hydrogens is 192 g/mol. The van der Waals surface area contributed by atoms with Crippen molar-refractivity contribution >= 4 is 5.57 Å². The van der Waals surface area contributed by atoms with Gasteiger partial charge in [0.25, 0.3) is 0 Å². The minimum atomic E-state index is 1.18. The molecule has 90 valence electrons. The fourth-order valence-corrected chi connectivity index (χ4v) is 1.64. The molecule has 0 radical (unpaired) electrons. The van der Waals surface area contributed by atoms with Crippen molar-refractivity contribution < 1.29 is 0 Å². The van der Waals surface area contributed by atoms with Gasteiger partial charge in [-0.2, -0.15) is 0 Å². The molecule has 0 spiro atoms. The zero-order valence-electron chi connectivity index (χ0n) is 11.5. The summed E-state index contributed by atoms with van der Waals surface area (Å²) in [6.45, 7) is 10.8. The third-order valence-electron chi connectivity index (χ3n) is 2.36. The lowest BCUT2D eigenvalue weighted by molar-refractivity contribution is 0.970. The van der Waals surface area contributed by atoms with Gasteiger partial charge in [-0.05, 0) is 37.0 Å². The van der Waals surface area contributed by atoms with E-state index >= 15 is 0 Å². The van der Waals surface area contributed by atoms with Gasteiger partial charge in [-0.3, -0.25) is 0 Å². The first-order valence-corrected chi connectivity index (χ1v) is 6.42. The summed E-state index contributed by atoms with van der Waals surface area (Å²) >= 11 is 0. The van der Waals surface area contributed by atoms with E-state index in [0.29, 0.717) is 0 Å². The summed E-state index contributed by atoms with van der Waals surface area (Å²) in [4.78, 5) is 0. The van der Waals surface area contributed by atoms with Gasteiger partial charge in [0.15, 0.2) is 0 Å². The molecule has 16 heavy (non-hydrogen) atoms. The fourth-order valence-electron chi connectivity index (χ4n) is 1.64. The van der Waals surface area contributed by atoms with Crippen molar-refractivity contribution in [3.8, 4) is 0 Å². The quantitative estimate of drug-likeness (QED) is 0.618. The van der Waals surface area contributed by atoms with Gasteiger partial charge in [0.05, 0.1) is 0 Å². The van der Waals surface area contributed by atoms with Crippen LogP contribution in [0, 0.1) is 6.92 Å². The smallest absolute Gasteiger partial charge is 0.0199 e. The second-order valence-electron chi connectivity index (χ2n) is 4.09. The van der Waals surface area contributed by atoms with Crippen LogP contribution in [-0.2, 0) is 0 Å². The minimum absolute atomic E-state index is 1.18. The van der Waals surface area contributed by atoms with Crippen molar-refractivity contribution in [1.29, 1.82) is 0 Å². The van der Waals surface area contributed by atoms with Gasteiger partial charge in [-0.15, -0.1) is 0 Å². The standard InChI is InChI=1S/C13H18.C3H8/c1-4-8-12(5-2)13-10-7-6-9-11(13)3;1-3-2/h5-7,9-10H,4,8H2,1-3H3;3H2,1-2H3/b12-5-;. The second kappa shape index (κ2) is 9.21. The topological polar surface area (TPSA) is 0 Å². The molecule has 0 aliphatic rings. The lowest BCUT2D eigenvalue weighted by atomic mass is 9.97. The number of hydrogen-bond acceptors (Lipinski definition) is 0. The van der Waals surface area contributed by atoms with Gasteiger partial charge in [0.2, 0.25) is 0 Å². The van der Waals surface area contributed by atoms with E-state index in [-0.39, 0.29) is 0 Å². The van der Waals surface area contributed by atoms with E-state index in [4.69, 9.17) is 0 Å². The van der Waals surface area contributed by atoms with E-state index in [1.54, 1.807) is 0 Å². The highest BCUT2D eigenvalue weighted by Crippen LogP contribution is 2.22. The van der Waals surface area contributed by atoms with Gasteiger partial charge in [-0.1, -0.05) is 64.0 Å². The van der Waals surface area contributed by atoms with E-state index in [9.17, 15) is 0 Å². The summed E-state index contributed by atoms with van der Waals surface area (Å²) in [5.41, 5.74) is 4.26. The van der Waals surface area contributed by atoms with Crippen LogP contribution in [0.3, 0.4) is 0 Å². The fraction of sp³-hybridized carbons (Fsp3) is 0.500. The van der Waals surface area contributed by atoms with Crippen LogP contribution in [0.1, 0.15) is 58.1 Å². The number of aryl methyl sites for hydroxylation is 1. The maximum Gasteiger partial charge on any atom is -0.0199 e. The third kappa shape index (κ3) is 5.16. The number of rotatable bonds is 3. The van der Waals surface area contributed by atoms with E-state index < -0.39 is 0 Å². The van der Waals surface area contributed by atoms with Crippen LogP contribution in [0.4, 0.5) is 0 Å². The third-order valence-corrected chi connectivity index (χ3v) is 2.36. The molecule has 0 aliphatic carbocycles. The highest BCUT2D eigenvalue weighted by molar-refractivity contribution is 5.67. The molecule has 0 saturated carbocycles. The van der Waals surface area contributed by atoms with Crippen LogP contribution in [0.25, 0.3) is 5.57 Å². The Balaban J connectivity index is 0.000000673. The van der Waals surface area contributed by atoms with Crippen molar-refractivity contribution in [2.45, 2.75) is 53.9 Å². The van der Waals surface area contributed by atoms with Crippen molar-refractivity contribution in [1.82, 2.24) is 0 Å². The molecular formula is C16H26. The number of allylic oxidation sites excluding steroid dienone is 2. The molecule has 0 aromatic heterocycles. The number of hydrogen-bond donors (Lipinski definition) is 0. The summed E-state index contributed by atoms with van der Waals surface area (Å²) in [5.74, 6) is 0. The van der Waals surface area contributed by atoms with Crippen LogP contribution >= 0.6 is 0 Å². The van der Waals surface area contributed by atoms with Crippen molar-refractivity contribution in [3.05, 3.63) is 41.5 Å². The second-order valence-corrected chi connectivity index (χ2v) is 4.09. The van der Waals surface area contributed by atoms with Crippen LogP contribution in [0.2, 0.25) is 0 Å². The Bertz CT molecular complexity index is 308. The summed E-state index contributed by atoms with van der Waals surface area (Å²) in [6, 6.07) is 8.59. The molecule has 0 fully saturated rings. The Kier molecular flexibility index (Phi) is 8.61. The first-order chi connectivity index (χ1) is 7.71. The first-order valence-electron chi connectivity index (χ1n) is 6.42. The molecule has 0 N–H and O–H groups in total. The van der Waals surface area contributed by atoms with Crippen LogP contribution in [0.5, 0.6) is 0 Å². The Hall–Kier alpha value is -1.04. The number of benzene rings is 1. The Morgan fingerprint density at radius 1 is 1.12 bits per heavy atom. The summed E-state index contributed by atoms with van der Waals surface area (Å²) in [7, 11) is 0. The Morgan fingerprint density at radius 3 is 2.12 bits per heavy atom. The van der Waals surface area contributed by atoms with Crippen LogP contribution < -0.4 is 0 Å². The van der Waals surface area contributed by atoms with Crippen molar-refractivity contribution in [2.24, 2.45) is 0 Å². The van der Waals surface area contributed by atoms with Gasteiger partial charge in [0.1, 0.15) is 0 Å². The average molecular weight is 218 g/mol. The molecule has 1 aromatic carbocycles. The zero-order valence-corrected chi connectivity index (χ0v) is 11.5. The maximum atomic E-state index is 2.23. The molecule has 0 bridgehead atoms. The molecule has 0 nitrogen and oxygen atoms in total. The SMILES string of the molecule is C/C=C(/CCC)c1ccccc1C.CCC. The molecule has 0 heterocycles. The molecule has 0 atom stereocenters. The maximum absolute atomic E-state index is 2.23.